The number of rotatable bonds is 10. The highest BCUT2D eigenvalue weighted by atomic mass is 19.4. The molecule has 2 atom stereocenters. The first kappa shape index (κ1) is 26.1. The molecule has 7 nitrogen and oxygen atoms in total. The third-order valence-corrected chi connectivity index (χ3v) is 6.00. The van der Waals surface area contributed by atoms with Crippen LogP contribution < -0.4 is 10.6 Å². The Hall–Kier alpha value is -3.56. The average molecular weight is 492 g/mol. The number of carboxylic acid groups (broad SMARTS) is 1. The Kier molecular flexibility index (Phi) is 8.37. The number of ether oxygens (including phenoxy) is 1. The summed E-state index contributed by atoms with van der Waals surface area (Å²) in [7, 11) is 0. The van der Waals surface area contributed by atoms with E-state index >= 15 is 0 Å². The van der Waals surface area contributed by atoms with Crippen LogP contribution in [0.2, 0.25) is 0 Å². The van der Waals surface area contributed by atoms with E-state index in [0.29, 0.717) is 6.42 Å². The molecule has 0 bridgehead atoms. The molecule has 0 heterocycles. The first-order valence-electron chi connectivity index (χ1n) is 11.2. The molecule has 0 aromatic heterocycles. The maximum Gasteiger partial charge on any atom is 0.407 e. The molecule has 35 heavy (non-hydrogen) atoms. The van der Waals surface area contributed by atoms with Gasteiger partial charge in [0, 0.05) is 25.4 Å². The van der Waals surface area contributed by atoms with Crippen molar-refractivity contribution in [1.29, 1.82) is 0 Å². The van der Waals surface area contributed by atoms with Crippen molar-refractivity contribution in [3.8, 4) is 11.1 Å². The van der Waals surface area contributed by atoms with Crippen molar-refractivity contribution in [3.63, 3.8) is 0 Å². The predicted octanol–water partition coefficient (Wildman–Crippen LogP) is 4.32. The van der Waals surface area contributed by atoms with Crippen LogP contribution in [0.1, 0.15) is 36.8 Å². The smallest absolute Gasteiger partial charge is 0.407 e. The van der Waals surface area contributed by atoms with E-state index in [0.717, 1.165) is 22.3 Å². The molecule has 0 aliphatic heterocycles. The maximum atomic E-state index is 12.6. The van der Waals surface area contributed by atoms with Gasteiger partial charge in [-0.1, -0.05) is 55.5 Å². The Morgan fingerprint density at radius 1 is 0.971 bits per heavy atom. The molecule has 0 fully saturated rings. The lowest BCUT2D eigenvalue weighted by Crippen LogP contribution is -2.41. The lowest BCUT2D eigenvalue weighted by molar-refractivity contribution is -0.192. The van der Waals surface area contributed by atoms with Crippen LogP contribution in [0.5, 0.6) is 0 Å². The third kappa shape index (κ3) is 6.74. The van der Waals surface area contributed by atoms with E-state index in [1.165, 1.54) is 0 Å². The molecular weight excluding hydrogens is 465 g/mol. The number of alkyl halides is 3. The highest BCUT2D eigenvalue weighted by Gasteiger charge is 2.45. The number of nitrogens with one attached hydrogen (secondary N) is 2. The summed E-state index contributed by atoms with van der Waals surface area (Å²) in [6.45, 7) is 1.13. The van der Waals surface area contributed by atoms with Crippen molar-refractivity contribution < 1.29 is 37.4 Å². The topological polar surface area (TPSA) is 105 Å². The van der Waals surface area contributed by atoms with Crippen LogP contribution >= 0.6 is 0 Å². The van der Waals surface area contributed by atoms with E-state index in [9.17, 15) is 27.6 Å². The molecule has 1 aliphatic carbocycles. The minimum Gasteiger partial charge on any atom is -0.481 e. The molecular formula is C25H27F3N2O5. The summed E-state index contributed by atoms with van der Waals surface area (Å²) in [5.41, 5.74) is 4.43. The second-order valence-electron chi connectivity index (χ2n) is 8.59. The molecule has 0 radical (unpaired) electrons. The predicted molar refractivity (Wildman–Crippen MR) is 122 cm³/mol. The Morgan fingerprint density at radius 2 is 1.54 bits per heavy atom. The lowest BCUT2D eigenvalue weighted by atomic mass is 9.98. The van der Waals surface area contributed by atoms with Gasteiger partial charge in [0.2, 0.25) is 5.91 Å². The Labute approximate surface area is 200 Å². The van der Waals surface area contributed by atoms with Gasteiger partial charge in [0.05, 0.1) is 0 Å². The van der Waals surface area contributed by atoms with E-state index in [-0.39, 0.29) is 31.4 Å². The summed E-state index contributed by atoms with van der Waals surface area (Å²) in [4.78, 5) is 34.7. The van der Waals surface area contributed by atoms with E-state index in [1.54, 1.807) is 6.92 Å². The van der Waals surface area contributed by atoms with Crippen molar-refractivity contribution in [3.05, 3.63) is 59.7 Å². The minimum atomic E-state index is -4.95. The molecule has 10 heteroatoms. The number of halogens is 3. The van der Waals surface area contributed by atoms with Gasteiger partial charge in [-0.25, -0.2) is 4.79 Å². The molecule has 0 saturated heterocycles. The number of alkyl carbamates (subject to hydrolysis) is 1. The molecule has 2 unspecified atom stereocenters. The number of carbonyl (C=O) groups excluding carboxylic acids is 2. The molecule has 3 rings (SSSR count). The van der Waals surface area contributed by atoms with Crippen LogP contribution in [0.15, 0.2) is 48.5 Å². The maximum absolute atomic E-state index is 12.6. The quantitative estimate of drug-likeness (QED) is 0.458. The zero-order valence-electron chi connectivity index (χ0n) is 19.1. The Morgan fingerprint density at radius 3 is 2.09 bits per heavy atom. The van der Waals surface area contributed by atoms with Crippen molar-refractivity contribution in [2.24, 2.45) is 11.8 Å². The van der Waals surface area contributed by atoms with Gasteiger partial charge in [-0.05, 0) is 34.6 Å². The fraction of sp³-hybridized carbons (Fsp3) is 0.400. The Bertz CT molecular complexity index is 1030. The van der Waals surface area contributed by atoms with Crippen LogP contribution in [0.4, 0.5) is 18.0 Å². The van der Waals surface area contributed by atoms with Crippen LogP contribution in [0, 0.1) is 11.8 Å². The monoisotopic (exact) mass is 492 g/mol. The summed E-state index contributed by atoms with van der Waals surface area (Å²) >= 11 is 0. The standard InChI is InChI=1S/C25H27F3N2O5/c1-15(10-11-22(31)29-13-21(23(32)33)25(26,27)28)12-30-24(34)35-14-20-18-8-4-2-6-16(18)17-7-3-5-9-19(17)20/h2-9,15,20-21H,10-14H2,1H3,(H,29,31)(H,30,34)(H,32,33). The molecule has 3 N–H and O–H groups in total. The van der Waals surface area contributed by atoms with E-state index in [2.05, 4.69) is 5.32 Å². The lowest BCUT2D eigenvalue weighted by Gasteiger charge is -2.17. The van der Waals surface area contributed by atoms with Gasteiger partial charge >= 0.3 is 18.2 Å². The summed E-state index contributed by atoms with van der Waals surface area (Å²) in [5.74, 6) is -5.61. The van der Waals surface area contributed by atoms with Crippen molar-refractivity contribution >= 4 is 18.0 Å². The summed E-state index contributed by atoms with van der Waals surface area (Å²) in [5, 5.41) is 13.3. The van der Waals surface area contributed by atoms with Gasteiger partial charge in [-0.15, -0.1) is 0 Å². The molecule has 1 aliphatic rings. The van der Waals surface area contributed by atoms with Crippen LogP contribution in [-0.2, 0) is 14.3 Å². The van der Waals surface area contributed by atoms with Crippen LogP contribution in [0.3, 0.4) is 0 Å². The van der Waals surface area contributed by atoms with Crippen LogP contribution in [0.25, 0.3) is 11.1 Å². The van der Waals surface area contributed by atoms with Crippen molar-refractivity contribution in [2.75, 3.05) is 19.7 Å². The zero-order chi connectivity index (χ0) is 25.6. The Balaban J connectivity index is 1.40. The molecule has 2 amide bonds. The fourth-order valence-electron chi connectivity index (χ4n) is 4.03. The second kappa shape index (κ2) is 11.2. The summed E-state index contributed by atoms with van der Waals surface area (Å²) in [6.07, 6.45) is -5.35. The van der Waals surface area contributed by atoms with Gasteiger partial charge < -0.3 is 20.5 Å². The highest BCUT2D eigenvalue weighted by molar-refractivity contribution is 5.79. The fourth-order valence-corrected chi connectivity index (χ4v) is 4.03. The number of hydrogen-bond acceptors (Lipinski definition) is 4. The highest BCUT2D eigenvalue weighted by Crippen LogP contribution is 2.44. The largest absolute Gasteiger partial charge is 0.481 e. The van der Waals surface area contributed by atoms with Gasteiger partial charge in [0.1, 0.15) is 6.61 Å². The number of fused-ring (bicyclic) bond motifs is 3. The molecule has 0 spiro atoms. The van der Waals surface area contributed by atoms with E-state index in [4.69, 9.17) is 9.84 Å². The van der Waals surface area contributed by atoms with Gasteiger partial charge in [-0.3, -0.25) is 9.59 Å². The number of carbonyl (C=O) groups is 3. The normalized spacial score (nSPS) is 14.4. The number of aliphatic carboxylic acids is 1. The van der Waals surface area contributed by atoms with Crippen molar-refractivity contribution in [1.82, 2.24) is 10.6 Å². The van der Waals surface area contributed by atoms with Crippen molar-refractivity contribution in [2.45, 2.75) is 31.9 Å². The first-order chi connectivity index (χ1) is 16.6. The minimum absolute atomic E-state index is 0.0689. The number of amides is 2. The van der Waals surface area contributed by atoms with E-state index < -0.39 is 36.6 Å². The molecule has 2 aromatic carbocycles. The number of carboxylic acids is 1. The average Bonchev–Trinajstić information content (AvgIpc) is 3.13. The molecule has 2 aromatic rings. The van der Waals surface area contributed by atoms with Crippen LogP contribution in [-0.4, -0.2) is 48.9 Å². The summed E-state index contributed by atoms with van der Waals surface area (Å²) in [6, 6.07) is 15.9. The van der Waals surface area contributed by atoms with E-state index in [1.807, 2.05) is 53.8 Å². The number of benzene rings is 2. The zero-order valence-corrected chi connectivity index (χ0v) is 19.1. The summed E-state index contributed by atoms with van der Waals surface area (Å²) < 4.78 is 43.3. The third-order valence-electron chi connectivity index (χ3n) is 6.00. The van der Waals surface area contributed by atoms with Gasteiger partial charge in [-0.2, -0.15) is 13.2 Å². The molecule has 0 saturated carbocycles. The second-order valence-corrected chi connectivity index (χ2v) is 8.59. The van der Waals surface area contributed by atoms with Gasteiger partial charge in [0.25, 0.3) is 0 Å². The number of hydrogen-bond donors (Lipinski definition) is 3. The molecule has 188 valence electrons. The first-order valence-corrected chi connectivity index (χ1v) is 11.2. The van der Waals surface area contributed by atoms with Gasteiger partial charge in [0.15, 0.2) is 5.92 Å². The SMILES string of the molecule is CC(CCC(=O)NCC(C(=O)O)C(F)(F)F)CNC(=O)OCC1c2ccccc2-c2ccccc21.